The first kappa shape index (κ1) is 42.3. The van der Waals surface area contributed by atoms with Gasteiger partial charge >= 0.3 is 0 Å². The van der Waals surface area contributed by atoms with E-state index in [-0.39, 0.29) is 9.90 Å². The van der Waals surface area contributed by atoms with Crippen molar-refractivity contribution >= 4 is 43.7 Å². The predicted octanol–water partition coefficient (Wildman–Crippen LogP) is 5.80. The van der Waals surface area contributed by atoms with Crippen molar-refractivity contribution in [3.63, 3.8) is 0 Å². The van der Waals surface area contributed by atoms with Gasteiger partial charge < -0.3 is 0 Å². The third kappa shape index (κ3) is 17.9. The van der Waals surface area contributed by atoms with Crippen LogP contribution in [-0.2, 0) is 32.4 Å². The molecule has 6 aromatic rings. The van der Waals surface area contributed by atoms with Crippen molar-refractivity contribution < 1.29 is 0 Å². The molecule has 0 aromatic carbocycles. The van der Waals surface area contributed by atoms with Gasteiger partial charge in [0.05, 0.1) is 29.2 Å². The van der Waals surface area contributed by atoms with Gasteiger partial charge in [-0.05, 0) is 71.3 Å². The van der Waals surface area contributed by atoms with Crippen molar-refractivity contribution in [2.75, 3.05) is 5.33 Å². The first-order valence-electron chi connectivity index (χ1n) is 14.3. The Balaban J connectivity index is 0.000000338. The van der Waals surface area contributed by atoms with Gasteiger partial charge in [-0.15, -0.1) is 17.9 Å². The van der Waals surface area contributed by atoms with Gasteiger partial charge in [-0.25, -0.2) is 0 Å². The molecule has 0 aliphatic carbocycles. The van der Waals surface area contributed by atoms with E-state index in [0.717, 1.165) is 36.3 Å². The molecule has 252 valence electrons. The summed E-state index contributed by atoms with van der Waals surface area (Å²) < 4.78 is 3.34. The fourth-order valence-electron chi connectivity index (χ4n) is 3.90. The molecule has 0 aliphatic rings. The van der Waals surface area contributed by atoms with E-state index < -0.39 is 0 Å². The number of nitrogens with one attached hydrogen (secondary N) is 1. The molecule has 1 N–H and O–H groups in total. The van der Waals surface area contributed by atoms with E-state index >= 15 is 0 Å². The minimum absolute atomic E-state index is 0. The Hall–Kier alpha value is -4.68. The van der Waals surface area contributed by atoms with Crippen LogP contribution in [-0.4, -0.2) is 50.0 Å². The maximum atomic E-state index is 8.61. The van der Waals surface area contributed by atoms with Crippen LogP contribution >= 0.6 is 43.7 Å². The highest BCUT2D eigenvalue weighted by Gasteiger charge is 2.03. The summed E-state index contributed by atoms with van der Waals surface area (Å²) in [6.45, 7) is 0.601. The van der Waals surface area contributed by atoms with Gasteiger partial charge in [0.15, 0.2) is 0 Å². The van der Waals surface area contributed by atoms with Crippen LogP contribution in [0.3, 0.4) is 0 Å². The Morgan fingerprint density at radius 2 is 1.18 bits per heavy atom. The summed E-state index contributed by atoms with van der Waals surface area (Å²) in [5.74, 6) is 0. The molecular formula is C33H38BrN12P3. The van der Waals surface area contributed by atoms with Crippen molar-refractivity contribution in [2.24, 2.45) is 0 Å². The number of hydrogen-bond acceptors (Lipinski definition) is 9. The molecule has 49 heavy (non-hydrogen) atoms. The third-order valence-corrected chi connectivity index (χ3v) is 6.24. The average Bonchev–Trinajstić information content (AvgIpc) is 3.92. The zero-order valence-corrected chi connectivity index (χ0v) is 32.1. The van der Waals surface area contributed by atoms with Crippen molar-refractivity contribution in [2.45, 2.75) is 32.4 Å². The largest absolute Gasteiger partial charge is 0.282 e. The summed E-state index contributed by atoms with van der Waals surface area (Å²) in [5.41, 5.74) is 6.73. The van der Waals surface area contributed by atoms with E-state index in [4.69, 9.17) is 15.8 Å². The number of halogens is 1. The molecular weight excluding hydrogens is 737 g/mol. The zero-order chi connectivity index (χ0) is 34.7. The lowest BCUT2D eigenvalue weighted by atomic mass is 10.1. The standard InChI is InChI=1S/2C11H10N4.C9H9N3.C2H2BrN.H4P2.H3P/c12-4-8-15-7-3-11(14-15)9-10-1-5-13-6-2-10;12-4-8-15-11(3-7-14-15)9-10-1-5-13-6-2-10;1-4-10-5-2-8(1)7-9-3-6-11-12-9;3-1-2-4;1-2;/h2*1-3,5-7H,8-9H2;1-6H,7H2,(H,11,12);1H2;1-2H2;1H3. The van der Waals surface area contributed by atoms with E-state index in [2.05, 4.69) is 81.3 Å². The van der Waals surface area contributed by atoms with Gasteiger partial charge in [0.1, 0.15) is 13.1 Å². The fourth-order valence-corrected chi connectivity index (χ4v) is 3.90. The molecule has 0 saturated heterocycles. The minimum atomic E-state index is 0. The number of hydrogen-bond donors (Lipinski definition) is 1. The van der Waals surface area contributed by atoms with Gasteiger partial charge in [0.25, 0.3) is 0 Å². The second-order valence-corrected chi connectivity index (χ2v) is 9.83. The molecule has 0 saturated carbocycles. The van der Waals surface area contributed by atoms with Crippen LogP contribution < -0.4 is 0 Å². The molecule has 12 nitrogen and oxygen atoms in total. The molecule has 0 fully saturated rings. The summed E-state index contributed by atoms with van der Waals surface area (Å²) in [5, 5.41) is 40.3. The van der Waals surface area contributed by atoms with Crippen LogP contribution in [0.2, 0.25) is 0 Å². The highest BCUT2D eigenvalue weighted by molar-refractivity contribution is 9.09. The van der Waals surface area contributed by atoms with Crippen LogP contribution in [0.5, 0.6) is 0 Å². The van der Waals surface area contributed by atoms with Crippen LogP contribution in [0, 0.1) is 34.0 Å². The Kier molecular flexibility index (Phi) is 23.6. The molecule has 6 heterocycles. The molecule has 6 rings (SSSR count). The quantitative estimate of drug-likeness (QED) is 0.148. The Labute approximate surface area is 303 Å². The van der Waals surface area contributed by atoms with Gasteiger partial charge in [-0.3, -0.25) is 29.4 Å². The number of H-pyrrole nitrogens is 1. The van der Waals surface area contributed by atoms with Crippen LogP contribution in [0.1, 0.15) is 33.8 Å². The lowest BCUT2D eigenvalue weighted by Crippen LogP contribution is -2.04. The topological polar surface area (TPSA) is 174 Å². The highest BCUT2D eigenvalue weighted by atomic mass is 79.9. The van der Waals surface area contributed by atoms with Crippen molar-refractivity contribution in [1.82, 2.24) is 44.7 Å². The fraction of sp³-hybridized carbons (Fsp3) is 0.182. The third-order valence-electron chi connectivity index (χ3n) is 5.98. The number of nitrogens with zero attached hydrogens (tertiary/aromatic N) is 11. The van der Waals surface area contributed by atoms with Crippen molar-refractivity contribution in [3.8, 4) is 18.2 Å². The molecule has 0 aliphatic heterocycles. The number of aromatic amines is 1. The normalized spacial score (nSPS) is 8.98. The first-order valence-corrected chi connectivity index (χ1v) is 18.1. The summed E-state index contributed by atoms with van der Waals surface area (Å²) >= 11 is 2.89. The summed E-state index contributed by atoms with van der Waals surface area (Å²) in [6.07, 6.45) is 18.4. The zero-order valence-electron chi connectivity index (χ0n) is 26.8. The SMILES string of the molecule is N#CCBr.N#CCn1ccc(Cc2ccncc2)n1.N#CCn1nccc1Cc1ccncc1.P.PP.c1cc(Cc2ccn[nH]2)ccn1. The van der Waals surface area contributed by atoms with E-state index in [1.807, 2.05) is 66.9 Å². The van der Waals surface area contributed by atoms with E-state index in [1.54, 1.807) is 58.9 Å². The van der Waals surface area contributed by atoms with Gasteiger partial charge in [-0.2, -0.15) is 41.0 Å². The van der Waals surface area contributed by atoms with Crippen LogP contribution in [0.25, 0.3) is 0 Å². The summed E-state index contributed by atoms with van der Waals surface area (Å²) in [7, 11) is 4.67. The van der Waals surface area contributed by atoms with E-state index in [9.17, 15) is 0 Å². The van der Waals surface area contributed by atoms with Gasteiger partial charge in [0.2, 0.25) is 0 Å². The number of aromatic nitrogens is 9. The summed E-state index contributed by atoms with van der Waals surface area (Å²) in [6, 6.07) is 23.7. The lowest BCUT2D eigenvalue weighted by molar-refractivity contribution is 0.674. The average molecular weight is 776 g/mol. The molecule has 16 heteroatoms. The lowest BCUT2D eigenvalue weighted by Gasteiger charge is -2.02. The van der Waals surface area contributed by atoms with Gasteiger partial charge in [0, 0.05) is 86.4 Å². The second kappa shape index (κ2) is 27.3. The molecule has 0 bridgehead atoms. The second-order valence-electron chi connectivity index (χ2n) is 9.27. The maximum Gasteiger partial charge on any atom is 0.128 e. The number of alkyl halides is 1. The van der Waals surface area contributed by atoms with Gasteiger partial charge in [-0.1, -0.05) is 15.9 Å². The molecule has 0 amide bonds. The minimum Gasteiger partial charge on any atom is -0.282 e. The van der Waals surface area contributed by atoms with Crippen molar-refractivity contribution in [3.05, 3.63) is 144 Å². The highest BCUT2D eigenvalue weighted by Crippen LogP contribution is 2.08. The van der Waals surface area contributed by atoms with E-state index in [1.165, 1.54) is 16.7 Å². The maximum absolute atomic E-state index is 8.61. The Bertz CT molecular complexity index is 1800. The molecule has 0 spiro atoms. The van der Waals surface area contributed by atoms with E-state index in [0.29, 0.717) is 18.4 Å². The Morgan fingerprint density at radius 3 is 1.67 bits per heavy atom. The smallest absolute Gasteiger partial charge is 0.128 e. The number of pyridine rings is 3. The molecule has 3 unspecified atom stereocenters. The molecule has 6 aromatic heterocycles. The summed E-state index contributed by atoms with van der Waals surface area (Å²) in [4.78, 5) is 11.9. The molecule has 0 radical (unpaired) electrons. The monoisotopic (exact) mass is 774 g/mol. The molecule has 3 atom stereocenters. The van der Waals surface area contributed by atoms with Crippen LogP contribution in [0.15, 0.2) is 110 Å². The van der Waals surface area contributed by atoms with Crippen LogP contribution in [0.4, 0.5) is 0 Å². The van der Waals surface area contributed by atoms with Crippen molar-refractivity contribution in [1.29, 1.82) is 15.8 Å². The Morgan fingerprint density at radius 1 is 0.653 bits per heavy atom. The predicted molar refractivity (Wildman–Crippen MR) is 205 cm³/mol. The first-order chi connectivity index (χ1) is 23.6. The number of nitriles is 3. The number of rotatable bonds is 8.